The van der Waals surface area contributed by atoms with Gasteiger partial charge in [-0.3, -0.25) is 0 Å². The summed E-state index contributed by atoms with van der Waals surface area (Å²) >= 11 is 0. The highest BCUT2D eigenvalue weighted by atomic mass is 16.5. The van der Waals surface area contributed by atoms with Crippen LogP contribution in [0, 0.1) is 11.3 Å². The molecule has 0 fully saturated rings. The molecule has 0 saturated carbocycles. The van der Waals surface area contributed by atoms with Crippen molar-refractivity contribution in [1.82, 2.24) is 0 Å². The van der Waals surface area contributed by atoms with Crippen molar-refractivity contribution in [3.63, 3.8) is 0 Å². The number of aliphatic hydroxyl groups is 2. The van der Waals surface area contributed by atoms with Crippen molar-refractivity contribution in [2.24, 2.45) is 11.3 Å². The van der Waals surface area contributed by atoms with Gasteiger partial charge in [0.15, 0.2) is 0 Å². The standard InChI is InChI=1S/C13H22O3/c1-16-11-13(6-3-2-4-7-13)8-5-12(9-14)10-15/h2-4,6,12,14-15H,5,7-11H2,1H3. The van der Waals surface area contributed by atoms with Crippen LogP contribution in [0.3, 0.4) is 0 Å². The summed E-state index contributed by atoms with van der Waals surface area (Å²) in [6, 6.07) is 0. The molecule has 0 amide bonds. The second-order valence-corrected chi connectivity index (χ2v) is 4.56. The van der Waals surface area contributed by atoms with Gasteiger partial charge in [0.05, 0.1) is 6.61 Å². The van der Waals surface area contributed by atoms with E-state index in [1.807, 2.05) is 6.08 Å². The summed E-state index contributed by atoms with van der Waals surface area (Å²) < 4.78 is 5.27. The molecule has 1 unspecified atom stereocenters. The molecule has 3 nitrogen and oxygen atoms in total. The molecule has 92 valence electrons. The fourth-order valence-electron chi connectivity index (χ4n) is 2.09. The minimum atomic E-state index is -0.00645. The van der Waals surface area contributed by atoms with Crippen LogP contribution in [-0.2, 0) is 4.74 Å². The van der Waals surface area contributed by atoms with Gasteiger partial charge in [0.1, 0.15) is 0 Å². The van der Waals surface area contributed by atoms with Gasteiger partial charge in [-0.15, -0.1) is 0 Å². The number of aliphatic hydroxyl groups excluding tert-OH is 2. The van der Waals surface area contributed by atoms with Crippen molar-refractivity contribution in [2.45, 2.75) is 19.3 Å². The zero-order valence-corrected chi connectivity index (χ0v) is 9.93. The van der Waals surface area contributed by atoms with Crippen molar-refractivity contribution < 1.29 is 14.9 Å². The lowest BCUT2D eigenvalue weighted by atomic mass is 9.77. The quantitative estimate of drug-likeness (QED) is 0.692. The van der Waals surface area contributed by atoms with Gasteiger partial charge in [-0.05, 0) is 19.3 Å². The number of allylic oxidation sites excluding steroid dienone is 3. The molecule has 1 aliphatic carbocycles. The number of methoxy groups -OCH3 is 1. The molecule has 0 heterocycles. The Morgan fingerprint density at radius 2 is 2.06 bits per heavy atom. The van der Waals surface area contributed by atoms with Crippen LogP contribution in [0.4, 0.5) is 0 Å². The summed E-state index contributed by atoms with van der Waals surface area (Å²) in [5.74, 6) is -0.00645. The van der Waals surface area contributed by atoms with E-state index in [0.717, 1.165) is 19.3 Å². The molecule has 0 aliphatic heterocycles. The van der Waals surface area contributed by atoms with E-state index < -0.39 is 0 Å². The van der Waals surface area contributed by atoms with Gasteiger partial charge >= 0.3 is 0 Å². The van der Waals surface area contributed by atoms with Crippen molar-refractivity contribution >= 4 is 0 Å². The number of rotatable bonds is 7. The molecule has 0 saturated heterocycles. The minimum absolute atomic E-state index is 0.00645. The van der Waals surface area contributed by atoms with Crippen LogP contribution in [0.2, 0.25) is 0 Å². The molecule has 3 heteroatoms. The zero-order valence-electron chi connectivity index (χ0n) is 9.93. The van der Waals surface area contributed by atoms with Gasteiger partial charge in [-0.1, -0.05) is 24.3 Å². The van der Waals surface area contributed by atoms with Gasteiger partial charge < -0.3 is 14.9 Å². The van der Waals surface area contributed by atoms with Gasteiger partial charge in [0.2, 0.25) is 0 Å². The van der Waals surface area contributed by atoms with Gasteiger partial charge in [-0.25, -0.2) is 0 Å². The first-order valence-corrected chi connectivity index (χ1v) is 5.81. The fourth-order valence-corrected chi connectivity index (χ4v) is 2.09. The highest BCUT2D eigenvalue weighted by Gasteiger charge is 2.27. The van der Waals surface area contributed by atoms with E-state index >= 15 is 0 Å². The molecular weight excluding hydrogens is 204 g/mol. The Bertz CT molecular complexity index is 244. The third-order valence-electron chi connectivity index (χ3n) is 3.22. The molecule has 16 heavy (non-hydrogen) atoms. The Labute approximate surface area is 97.4 Å². The minimum Gasteiger partial charge on any atom is -0.396 e. The smallest absolute Gasteiger partial charge is 0.0556 e. The molecule has 0 aromatic heterocycles. The topological polar surface area (TPSA) is 49.7 Å². The highest BCUT2D eigenvalue weighted by Crippen LogP contribution is 2.34. The summed E-state index contributed by atoms with van der Waals surface area (Å²) in [6.45, 7) is 0.801. The van der Waals surface area contributed by atoms with E-state index in [2.05, 4.69) is 18.2 Å². The Hall–Kier alpha value is -0.640. The number of hydrogen-bond donors (Lipinski definition) is 2. The van der Waals surface area contributed by atoms with E-state index in [1.54, 1.807) is 7.11 Å². The van der Waals surface area contributed by atoms with Gasteiger partial charge in [-0.2, -0.15) is 0 Å². The molecule has 0 spiro atoms. The number of ether oxygens (including phenoxy) is 1. The maximum absolute atomic E-state index is 9.05. The summed E-state index contributed by atoms with van der Waals surface area (Å²) in [6.07, 6.45) is 11.2. The van der Waals surface area contributed by atoms with E-state index in [4.69, 9.17) is 14.9 Å². The van der Waals surface area contributed by atoms with Gasteiger partial charge in [0.25, 0.3) is 0 Å². The zero-order chi connectivity index (χ0) is 11.9. The lowest BCUT2D eigenvalue weighted by molar-refractivity contribution is 0.0859. The summed E-state index contributed by atoms with van der Waals surface area (Å²) in [5.41, 5.74) is 0.0477. The second-order valence-electron chi connectivity index (χ2n) is 4.56. The molecule has 0 bridgehead atoms. The largest absolute Gasteiger partial charge is 0.396 e. The second kappa shape index (κ2) is 6.84. The van der Waals surface area contributed by atoms with E-state index in [-0.39, 0.29) is 24.5 Å². The average Bonchev–Trinajstić information content (AvgIpc) is 2.32. The SMILES string of the molecule is COCC1(CCC(CO)CO)C=CC=CC1. The molecule has 0 radical (unpaired) electrons. The van der Waals surface area contributed by atoms with Crippen molar-refractivity contribution in [2.75, 3.05) is 26.9 Å². The van der Waals surface area contributed by atoms with Crippen LogP contribution in [0.1, 0.15) is 19.3 Å². The summed E-state index contributed by atoms with van der Waals surface area (Å²) in [7, 11) is 1.71. The van der Waals surface area contributed by atoms with Crippen molar-refractivity contribution in [1.29, 1.82) is 0 Å². The monoisotopic (exact) mass is 226 g/mol. The highest BCUT2D eigenvalue weighted by molar-refractivity contribution is 5.16. The molecule has 1 aliphatic rings. The van der Waals surface area contributed by atoms with Crippen molar-refractivity contribution in [3.05, 3.63) is 24.3 Å². The Balaban J connectivity index is 2.51. The maximum atomic E-state index is 9.05. The summed E-state index contributed by atoms with van der Waals surface area (Å²) in [5, 5.41) is 18.1. The predicted octanol–water partition coefficient (Wildman–Crippen LogP) is 1.52. The lowest BCUT2D eigenvalue weighted by Crippen LogP contribution is -2.26. The van der Waals surface area contributed by atoms with Crippen LogP contribution < -0.4 is 0 Å². The van der Waals surface area contributed by atoms with E-state index in [0.29, 0.717) is 6.61 Å². The first kappa shape index (κ1) is 13.4. The molecular formula is C13H22O3. The molecule has 2 N–H and O–H groups in total. The van der Waals surface area contributed by atoms with Crippen LogP contribution in [0.15, 0.2) is 24.3 Å². The van der Waals surface area contributed by atoms with E-state index in [9.17, 15) is 0 Å². The molecule has 0 aromatic rings. The molecule has 1 rings (SSSR count). The molecule has 0 aromatic carbocycles. The Morgan fingerprint density at radius 1 is 1.31 bits per heavy atom. The summed E-state index contributed by atoms with van der Waals surface area (Å²) in [4.78, 5) is 0. The first-order chi connectivity index (χ1) is 7.76. The first-order valence-electron chi connectivity index (χ1n) is 5.81. The fraction of sp³-hybridized carbons (Fsp3) is 0.692. The van der Waals surface area contributed by atoms with Crippen molar-refractivity contribution in [3.8, 4) is 0 Å². The lowest BCUT2D eigenvalue weighted by Gasteiger charge is -2.31. The normalized spacial score (nSPS) is 24.2. The van der Waals surface area contributed by atoms with Crippen LogP contribution in [0.25, 0.3) is 0 Å². The Kier molecular flexibility index (Phi) is 5.74. The van der Waals surface area contributed by atoms with Crippen LogP contribution in [-0.4, -0.2) is 37.1 Å². The Morgan fingerprint density at radius 3 is 2.56 bits per heavy atom. The average molecular weight is 226 g/mol. The number of hydrogen-bond acceptors (Lipinski definition) is 3. The third kappa shape index (κ3) is 3.74. The molecule has 1 atom stereocenters. The van der Waals surface area contributed by atoms with Crippen LogP contribution in [0.5, 0.6) is 0 Å². The third-order valence-corrected chi connectivity index (χ3v) is 3.22. The van der Waals surface area contributed by atoms with Gasteiger partial charge in [0, 0.05) is 31.7 Å². The predicted molar refractivity (Wildman–Crippen MR) is 64.1 cm³/mol. The van der Waals surface area contributed by atoms with Crippen LogP contribution >= 0.6 is 0 Å². The van der Waals surface area contributed by atoms with E-state index in [1.165, 1.54) is 0 Å². The maximum Gasteiger partial charge on any atom is 0.0556 e.